The van der Waals surface area contributed by atoms with Gasteiger partial charge in [-0.1, -0.05) is 12.2 Å². The van der Waals surface area contributed by atoms with Crippen LogP contribution in [0.2, 0.25) is 0 Å². The Morgan fingerprint density at radius 2 is 2.08 bits per heavy atom. The molecule has 74 valence electrons. The summed E-state index contributed by atoms with van der Waals surface area (Å²) in [5.74, 6) is -1.05. The first-order valence-electron chi connectivity index (χ1n) is 3.60. The predicted molar refractivity (Wildman–Crippen MR) is 44.4 cm³/mol. The highest BCUT2D eigenvalue weighted by Crippen LogP contribution is 2.47. The molecule has 0 saturated carbocycles. The number of hydrogen-bond donors (Lipinski definition) is 4. The normalized spacial score (nSPS) is 26.9. The van der Waals surface area contributed by atoms with E-state index in [4.69, 9.17) is 14.9 Å². The molecule has 0 amide bonds. The van der Waals surface area contributed by atoms with Crippen molar-refractivity contribution in [2.75, 3.05) is 6.54 Å². The Hall–Kier alpha value is -0.680. The van der Waals surface area contributed by atoms with E-state index in [1.807, 2.05) is 0 Å². The van der Waals surface area contributed by atoms with Gasteiger partial charge in [0.15, 0.2) is 0 Å². The molecule has 0 aromatic heterocycles. The maximum Gasteiger partial charge on any atom is 0.334 e. The Balaban J connectivity index is 2.44. The SMILES string of the molecule is O=C(O)CNC1C=CC1P(=O)(O)O. The highest BCUT2D eigenvalue weighted by Gasteiger charge is 2.38. The van der Waals surface area contributed by atoms with Crippen LogP contribution in [0.1, 0.15) is 0 Å². The standard InChI is InChI=1S/C6H10NO5P/c8-6(9)3-7-4-1-2-5(4)13(10,11)12/h1-2,4-5,7H,3H2,(H,8,9)(H2,10,11,12). The molecule has 0 aliphatic heterocycles. The molecule has 13 heavy (non-hydrogen) atoms. The van der Waals surface area contributed by atoms with Crippen molar-refractivity contribution < 1.29 is 24.3 Å². The lowest BCUT2D eigenvalue weighted by Crippen LogP contribution is -2.44. The molecule has 6 nitrogen and oxygen atoms in total. The van der Waals surface area contributed by atoms with Gasteiger partial charge >= 0.3 is 13.6 Å². The number of rotatable bonds is 4. The second kappa shape index (κ2) is 3.59. The molecule has 1 aliphatic carbocycles. The average molecular weight is 207 g/mol. The van der Waals surface area contributed by atoms with Crippen LogP contribution in [0.25, 0.3) is 0 Å². The van der Waals surface area contributed by atoms with Crippen LogP contribution in [-0.2, 0) is 9.36 Å². The average Bonchev–Trinajstić information content (AvgIpc) is 1.79. The molecule has 0 spiro atoms. The second-order valence-electron chi connectivity index (χ2n) is 2.77. The Kier molecular flexibility index (Phi) is 2.87. The van der Waals surface area contributed by atoms with E-state index in [0.717, 1.165) is 0 Å². The van der Waals surface area contributed by atoms with Crippen LogP contribution in [0.3, 0.4) is 0 Å². The van der Waals surface area contributed by atoms with Crippen molar-refractivity contribution in [3.63, 3.8) is 0 Å². The minimum atomic E-state index is -4.13. The Bertz CT molecular complexity index is 283. The third kappa shape index (κ3) is 2.63. The largest absolute Gasteiger partial charge is 0.480 e. The number of hydrogen-bond acceptors (Lipinski definition) is 3. The number of carbonyl (C=O) groups is 1. The van der Waals surface area contributed by atoms with E-state index in [9.17, 15) is 9.36 Å². The van der Waals surface area contributed by atoms with E-state index in [1.54, 1.807) is 0 Å². The first-order valence-corrected chi connectivity index (χ1v) is 5.28. The Morgan fingerprint density at radius 3 is 2.38 bits per heavy atom. The minimum Gasteiger partial charge on any atom is -0.480 e. The number of carboxylic acids is 1. The lowest BCUT2D eigenvalue weighted by Gasteiger charge is -2.29. The summed E-state index contributed by atoms with van der Waals surface area (Å²) < 4.78 is 10.7. The summed E-state index contributed by atoms with van der Waals surface area (Å²) in [5.41, 5.74) is -0.883. The zero-order chi connectivity index (χ0) is 10.1. The fourth-order valence-corrected chi connectivity index (χ4v) is 1.98. The van der Waals surface area contributed by atoms with Crippen molar-refractivity contribution in [2.45, 2.75) is 11.7 Å². The molecule has 0 bridgehead atoms. The van der Waals surface area contributed by atoms with Crippen LogP contribution < -0.4 is 5.32 Å². The molecule has 7 heteroatoms. The van der Waals surface area contributed by atoms with Crippen LogP contribution in [-0.4, -0.2) is 39.1 Å². The van der Waals surface area contributed by atoms with Crippen LogP contribution in [0.15, 0.2) is 12.2 Å². The molecule has 2 atom stereocenters. The first kappa shape index (κ1) is 10.4. The molecular weight excluding hydrogens is 197 g/mol. The van der Waals surface area contributed by atoms with E-state index in [1.165, 1.54) is 12.2 Å². The molecule has 1 rings (SSSR count). The van der Waals surface area contributed by atoms with Crippen LogP contribution in [0.5, 0.6) is 0 Å². The van der Waals surface area contributed by atoms with E-state index >= 15 is 0 Å². The zero-order valence-electron chi connectivity index (χ0n) is 6.62. The maximum absolute atomic E-state index is 10.7. The molecule has 4 N–H and O–H groups in total. The third-order valence-corrected chi connectivity index (χ3v) is 3.03. The fraction of sp³-hybridized carbons (Fsp3) is 0.500. The van der Waals surface area contributed by atoms with Crippen LogP contribution in [0.4, 0.5) is 0 Å². The van der Waals surface area contributed by atoms with Crippen molar-refractivity contribution in [1.29, 1.82) is 0 Å². The van der Waals surface area contributed by atoms with E-state index in [-0.39, 0.29) is 6.54 Å². The monoisotopic (exact) mass is 207 g/mol. The van der Waals surface area contributed by atoms with E-state index in [0.29, 0.717) is 0 Å². The smallest absolute Gasteiger partial charge is 0.334 e. The van der Waals surface area contributed by atoms with E-state index < -0.39 is 25.3 Å². The maximum atomic E-state index is 10.7. The van der Waals surface area contributed by atoms with Crippen molar-refractivity contribution in [1.82, 2.24) is 5.32 Å². The van der Waals surface area contributed by atoms with Gasteiger partial charge in [-0.05, 0) is 0 Å². The minimum absolute atomic E-state index is 0.300. The van der Waals surface area contributed by atoms with Gasteiger partial charge in [0.2, 0.25) is 0 Å². The van der Waals surface area contributed by atoms with Gasteiger partial charge in [0.05, 0.1) is 12.2 Å². The number of nitrogens with one attached hydrogen (secondary N) is 1. The Labute approximate surface area is 74.4 Å². The van der Waals surface area contributed by atoms with Gasteiger partial charge in [-0.3, -0.25) is 14.7 Å². The molecule has 0 heterocycles. The third-order valence-electron chi connectivity index (χ3n) is 1.76. The fourth-order valence-electron chi connectivity index (χ4n) is 1.04. The summed E-state index contributed by atoms with van der Waals surface area (Å²) >= 11 is 0. The molecule has 1 aliphatic rings. The van der Waals surface area contributed by atoms with Gasteiger partial charge in [0, 0.05) is 6.04 Å². The lowest BCUT2D eigenvalue weighted by molar-refractivity contribution is -0.136. The van der Waals surface area contributed by atoms with Gasteiger partial charge in [-0.25, -0.2) is 0 Å². The summed E-state index contributed by atoms with van der Waals surface area (Å²) in [4.78, 5) is 27.6. The van der Waals surface area contributed by atoms with Gasteiger partial charge in [-0.2, -0.15) is 0 Å². The van der Waals surface area contributed by atoms with Crippen molar-refractivity contribution in [3.05, 3.63) is 12.2 Å². The summed E-state index contributed by atoms with van der Waals surface area (Å²) in [5, 5.41) is 10.8. The quantitative estimate of drug-likeness (QED) is 0.353. The Morgan fingerprint density at radius 1 is 1.46 bits per heavy atom. The van der Waals surface area contributed by atoms with Gasteiger partial charge in [-0.15, -0.1) is 0 Å². The molecule has 2 unspecified atom stereocenters. The summed E-state index contributed by atoms with van der Waals surface area (Å²) in [6.45, 7) is -0.300. The topological polar surface area (TPSA) is 107 Å². The second-order valence-corrected chi connectivity index (χ2v) is 4.54. The van der Waals surface area contributed by atoms with Crippen LogP contribution in [0, 0.1) is 0 Å². The summed E-state index contributed by atoms with van der Waals surface area (Å²) in [6.07, 6.45) is 2.91. The molecule has 0 saturated heterocycles. The van der Waals surface area contributed by atoms with Crippen molar-refractivity contribution in [2.24, 2.45) is 0 Å². The summed E-state index contributed by atoms with van der Waals surface area (Å²) in [7, 11) is -4.13. The molecular formula is C6H10NO5P. The van der Waals surface area contributed by atoms with Gasteiger partial charge in [0.1, 0.15) is 0 Å². The van der Waals surface area contributed by atoms with E-state index in [2.05, 4.69) is 5.32 Å². The molecule has 0 radical (unpaired) electrons. The van der Waals surface area contributed by atoms with Crippen molar-refractivity contribution >= 4 is 13.6 Å². The molecule has 0 fully saturated rings. The summed E-state index contributed by atoms with van der Waals surface area (Å²) in [6, 6.07) is -0.531. The molecule has 0 aromatic rings. The predicted octanol–water partition coefficient (Wildman–Crippen LogP) is -0.855. The number of carboxylic acid groups (broad SMARTS) is 1. The number of aliphatic carboxylic acids is 1. The zero-order valence-corrected chi connectivity index (χ0v) is 7.52. The van der Waals surface area contributed by atoms with Crippen LogP contribution >= 0.6 is 7.60 Å². The van der Waals surface area contributed by atoms with Gasteiger partial charge in [0.25, 0.3) is 0 Å². The first-order chi connectivity index (χ1) is 5.91. The van der Waals surface area contributed by atoms with Crippen molar-refractivity contribution in [3.8, 4) is 0 Å². The highest BCUT2D eigenvalue weighted by atomic mass is 31.2. The van der Waals surface area contributed by atoms with Gasteiger partial charge < -0.3 is 14.9 Å². The lowest BCUT2D eigenvalue weighted by atomic mass is 10.0. The highest BCUT2D eigenvalue weighted by molar-refractivity contribution is 7.53. The molecule has 0 aromatic carbocycles.